The molecule has 1 unspecified atom stereocenters. The summed E-state index contributed by atoms with van der Waals surface area (Å²) in [5, 5.41) is 10.5. The quantitative estimate of drug-likeness (QED) is 0.669. The predicted octanol–water partition coefficient (Wildman–Crippen LogP) is 3.43. The number of para-hydroxylation sites is 1. The van der Waals surface area contributed by atoms with Crippen molar-refractivity contribution in [2.45, 2.75) is 46.3 Å². The van der Waals surface area contributed by atoms with E-state index < -0.39 is 17.7 Å². The van der Waals surface area contributed by atoms with E-state index >= 15 is 0 Å². The summed E-state index contributed by atoms with van der Waals surface area (Å²) >= 11 is 0. The number of nitrogens with zero attached hydrogens (tertiary/aromatic N) is 1. The minimum atomic E-state index is -0.664. The smallest absolute Gasteiger partial charge is 0.290 e. The predicted molar refractivity (Wildman–Crippen MR) is 103 cm³/mol. The molecule has 1 aliphatic rings. The molecule has 1 atom stereocenters. The normalized spacial score (nSPS) is 17.4. The first-order chi connectivity index (χ1) is 12.8. The maximum Gasteiger partial charge on any atom is 0.290 e. The number of ketones is 1. The molecular formula is C21H29NO5. The number of aliphatic hydroxyl groups is 1. The summed E-state index contributed by atoms with van der Waals surface area (Å²) in [5.41, 5.74) is 0.829. The highest BCUT2D eigenvalue weighted by molar-refractivity contribution is 6.09. The van der Waals surface area contributed by atoms with Crippen molar-refractivity contribution in [3.8, 4) is 5.75 Å². The van der Waals surface area contributed by atoms with E-state index in [1.165, 1.54) is 4.90 Å². The number of methoxy groups -OCH3 is 1. The molecule has 0 aromatic heterocycles. The lowest BCUT2D eigenvalue weighted by Gasteiger charge is -2.28. The minimum absolute atomic E-state index is 0.105. The number of rotatable bonds is 9. The zero-order valence-electron chi connectivity index (χ0n) is 16.7. The molecule has 1 amide bonds. The Labute approximate surface area is 160 Å². The van der Waals surface area contributed by atoms with Crippen LogP contribution in [0.5, 0.6) is 5.75 Å². The monoisotopic (exact) mass is 375 g/mol. The summed E-state index contributed by atoms with van der Waals surface area (Å²) in [5.74, 6) is -0.995. The van der Waals surface area contributed by atoms with Gasteiger partial charge in [-0.05, 0) is 26.3 Å². The van der Waals surface area contributed by atoms with Gasteiger partial charge >= 0.3 is 0 Å². The van der Waals surface area contributed by atoms with Crippen molar-refractivity contribution in [2.24, 2.45) is 5.92 Å². The Kier molecular flexibility index (Phi) is 7.02. The van der Waals surface area contributed by atoms with Crippen molar-refractivity contribution in [3.05, 3.63) is 41.2 Å². The van der Waals surface area contributed by atoms with Crippen molar-refractivity contribution >= 4 is 11.7 Å². The van der Waals surface area contributed by atoms with E-state index in [0.29, 0.717) is 30.9 Å². The molecule has 0 saturated carbocycles. The van der Waals surface area contributed by atoms with Crippen LogP contribution in [0.2, 0.25) is 0 Å². The topological polar surface area (TPSA) is 76.1 Å². The molecule has 0 saturated heterocycles. The van der Waals surface area contributed by atoms with Gasteiger partial charge in [-0.25, -0.2) is 0 Å². The molecule has 0 fully saturated rings. The Morgan fingerprint density at radius 2 is 1.89 bits per heavy atom. The molecule has 1 aromatic rings. The number of amides is 1. The van der Waals surface area contributed by atoms with Crippen LogP contribution in [0, 0.1) is 5.92 Å². The number of Topliss-reactive ketones (excluding diaryl/α,β-unsaturated/α-hetero) is 1. The Morgan fingerprint density at radius 3 is 2.48 bits per heavy atom. The number of ether oxygens (including phenoxy) is 2. The summed E-state index contributed by atoms with van der Waals surface area (Å²) in [4.78, 5) is 27.1. The van der Waals surface area contributed by atoms with Crippen LogP contribution >= 0.6 is 0 Å². The van der Waals surface area contributed by atoms with Gasteiger partial charge in [0.2, 0.25) is 0 Å². The first-order valence-electron chi connectivity index (χ1n) is 9.32. The average molecular weight is 375 g/mol. The lowest BCUT2D eigenvalue weighted by Crippen LogP contribution is -2.33. The molecule has 1 aliphatic heterocycles. The molecule has 6 nitrogen and oxygen atoms in total. The van der Waals surface area contributed by atoms with Gasteiger partial charge in [0, 0.05) is 24.6 Å². The van der Waals surface area contributed by atoms with Crippen molar-refractivity contribution in [3.63, 3.8) is 0 Å². The SMILES string of the molecule is COc1ccccc1C1C(C(=O)C(C)C)=C(O)C(=O)N1CCCOC(C)C. The van der Waals surface area contributed by atoms with Crippen LogP contribution in [0.4, 0.5) is 0 Å². The zero-order valence-corrected chi connectivity index (χ0v) is 16.7. The maximum absolute atomic E-state index is 12.8. The van der Waals surface area contributed by atoms with Gasteiger partial charge in [0.15, 0.2) is 11.5 Å². The molecule has 1 heterocycles. The second kappa shape index (κ2) is 9.04. The molecule has 0 bridgehead atoms. The van der Waals surface area contributed by atoms with E-state index in [0.717, 1.165) is 0 Å². The number of carbonyl (C=O) groups is 2. The molecule has 2 rings (SSSR count). The summed E-state index contributed by atoms with van der Waals surface area (Å²) in [7, 11) is 1.55. The lowest BCUT2D eigenvalue weighted by atomic mass is 9.91. The third-order valence-electron chi connectivity index (χ3n) is 4.52. The number of carbonyl (C=O) groups excluding carboxylic acids is 2. The fraction of sp³-hybridized carbons (Fsp3) is 0.524. The van der Waals surface area contributed by atoms with E-state index in [4.69, 9.17) is 9.47 Å². The summed E-state index contributed by atoms with van der Waals surface area (Å²) in [6, 6.07) is 6.60. The lowest BCUT2D eigenvalue weighted by molar-refractivity contribution is -0.129. The van der Waals surface area contributed by atoms with Crippen LogP contribution in [0.25, 0.3) is 0 Å². The largest absolute Gasteiger partial charge is 0.503 e. The third kappa shape index (κ3) is 4.50. The van der Waals surface area contributed by atoms with Crippen LogP contribution in [-0.4, -0.2) is 48.1 Å². The molecule has 0 spiro atoms. The van der Waals surface area contributed by atoms with E-state index in [1.54, 1.807) is 27.0 Å². The minimum Gasteiger partial charge on any atom is -0.503 e. The molecular weight excluding hydrogens is 346 g/mol. The number of hydrogen-bond acceptors (Lipinski definition) is 5. The van der Waals surface area contributed by atoms with Gasteiger partial charge in [-0.2, -0.15) is 0 Å². The average Bonchev–Trinajstić information content (AvgIpc) is 2.88. The second-order valence-electron chi connectivity index (χ2n) is 7.20. The summed E-state index contributed by atoms with van der Waals surface area (Å²) in [6.07, 6.45) is 0.709. The van der Waals surface area contributed by atoms with Crippen molar-refractivity contribution in [2.75, 3.05) is 20.3 Å². The molecule has 1 N–H and O–H groups in total. The van der Waals surface area contributed by atoms with Crippen LogP contribution in [0.3, 0.4) is 0 Å². The highest BCUT2D eigenvalue weighted by Gasteiger charge is 2.44. The van der Waals surface area contributed by atoms with E-state index in [-0.39, 0.29) is 23.4 Å². The molecule has 6 heteroatoms. The Bertz CT molecular complexity index is 723. The fourth-order valence-corrected chi connectivity index (χ4v) is 3.22. The van der Waals surface area contributed by atoms with Gasteiger partial charge in [0.25, 0.3) is 5.91 Å². The van der Waals surface area contributed by atoms with Gasteiger partial charge in [-0.3, -0.25) is 9.59 Å². The number of aliphatic hydroxyl groups excluding tert-OH is 1. The van der Waals surface area contributed by atoms with Crippen molar-refractivity contribution in [1.29, 1.82) is 0 Å². The molecule has 1 aromatic carbocycles. The Morgan fingerprint density at radius 1 is 1.22 bits per heavy atom. The standard InChI is InChI=1S/C21H29NO5/c1-13(2)19(23)17-18(15-9-6-7-10-16(15)26-5)22(21(25)20(17)24)11-8-12-27-14(3)4/h6-7,9-10,13-14,18,24H,8,11-12H2,1-5H3. The first-order valence-corrected chi connectivity index (χ1v) is 9.32. The molecule has 0 radical (unpaired) electrons. The van der Waals surface area contributed by atoms with E-state index in [2.05, 4.69) is 0 Å². The molecule has 148 valence electrons. The van der Waals surface area contributed by atoms with Gasteiger partial charge < -0.3 is 19.5 Å². The number of hydrogen-bond donors (Lipinski definition) is 1. The molecule has 27 heavy (non-hydrogen) atoms. The zero-order chi connectivity index (χ0) is 20.1. The van der Waals surface area contributed by atoms with Gasteiger partial charge in [0.05, 0.1) is 24.8 Å². The van der Waals surface area contributed by atoms with E-state index in [9.17, 15) is 14.7 Å². The second-order valence-corrected chi connectivity index (χ2v) is 7.20. The fourth-order valence-electron chi connectivity index (χ4n) is 3.22. The first kappa shape index (κ1) is 21.0. The van der Waals surface area contributed by atoms with Crippen LogP contribution in [0.1, 0.15) is 45.7 Å². The van der Waals surface area contributed by atoms with E-state index in [1.807, 2.05) is 32.0 Å². The third-order valence-corrected chi connectivity index (χ3v) is 4.52. The van der Waals surface area contributed by atoms with Gasteiger partial charge in [0.1, 0.15) is 5.75 Å². The number of benzene rings is 1. The Balaban J connectivity index is 2.41. The summed E-state index contributed by atoms with van der Waals surface area (Å²) in [6.45, 7) is 8.27. The van der Waals surface area contributed by atoms with Crippen LogP contribution in [-0.2, 0) is 14.3 Å². The van der Waals surface area contributed by atoms with Crippen molar-refractivity contribution < 1.29 is 24.2 Å². The van der Waals surface area contributed by atoms with Crippen LogP contribution in [0.15, 0.2) is 35.6 Å². The van der Waals surface area contributed by atoms with Gasteiger partial charge in [-0.1, -0.05) is 32.0 Å². The van der Waals surface area contributed by atoms with Gasteiger partial charge in [-0.15, -0.1) is 0 Å². The molecule has 0 aliphatic carbocycles. The van der Waals surface area contributed by atoms with Crippen LogP contribution < -0.4 is 4.74 Å². The highest BCUT2D eigenvalue weighted by atomic mass is 16.5. The highest BCUT2D eigenvalue weighted by Crippen LogP contribution is 2.42. The maximum atomic E-state index is 12.8. The summed E-state index contributed by atoms with van der Waals surface area (Å²) < 4.78 is 11.0. The Hall–Kier alpha value is -2.34. The van der Waals surface area contributed by atoms with Crippen molar-refractivity contribution in [1.82, 2.24) is 4.90 Å².